The SMILES string of the molecule is O=S(=O)(CCc1ccccc1F)NCC(Cc1ccccc1)N1CCCC1. The van der Waals surface area contributed by atoms with Crippen LogP contribution in [0.2, 0.25) is 0 Å². The highest BCUT2D eigenvalue weighted by atomic mass is 32.2. The maximum Gasteiger partial charge on any atom is 0.211 e. The molecule has 1 heterocycles. The number of nitrogens with zero attached hydrogens (tertiary/aromatic N) is 1. The molecule has 0 saturated carbocycles. The third-order valence-electron chi connectivity index (χ3n) is 5.11. The average Bonchev–Trinajstić information content (AvgIpc) is 3.20. The first-order chi connectivity index (χ1) is 13.0. The van der Waals surface area contributed by atoms with E-state index in [4.69, 9.17) is 0 Å². The Bertz CT molecular complexity index is 821. The molecule has 2 aromatic carbocycles. The van der Waals surface area contributed by atoms with Gasteiger partial charge in [-0.15, -0.1) is 0 Å². The average molecular weight is 391 g/mol. The standard InChI is InChI=1S/C21H27FN2O2S/c22-21-11-5-4-10-19(21)12-15-27(25,26)23-17-20(24-13-6-7-14-24)16-18-8-2-1-3-9-18/h1-5,8-11,20,23H,6-7,12-17H2. The summed E-state index contributed by atoms with van der Waals surface area (Å²) in [6.45, 7) is 2.40. The lowest BCUT2D eigenvalue weighted by molar-refractivity contribution is 0.241. The number of nitrogens with one attached hydrogen (secondary N) is 1. The Morgan fingerprint density at radius 1 is 1.00 bits per heavy atom. The second-order valence-electron chi connectivity index (χ2n) is 7.10. The number of halogens is 1. The molecule has 0 aromatic heterocycles. The molecule has 6 heteroatoms. The Morgan fingerprint density at radius 2 is 1.67 bits per heavy atom. The van der Waals surface area contributed by atoms with E-state index in [1.54, 1.807) is 18.2 Å². The lowest BCUT2D eigenvalue weighted by Gasteiger charge is -2.28. The van der Waals surface area contributed by atoms with Crippen LogP contribution in [-0.4, -0.2) is 44.7 Å². The van der Waals surface area contributed by atoms with Crippen LogP contribution in [0.1, 0.15) is 24.0 Å². The summed E-state index contributed by atoms with van der Waals surface area (Å²) in [4.78, 5) is 2.37. The van der Waals surface area contributed by atoms with E-state index in [0.717, 1.165) is 32.4 Å². The normalized spacial score (nSPS) is 16.5. The molecule has 146 valence electrons. The fraction of sp³-hybridized carbons (Fsp3) is 0.429. The minimum absolute atomic E-state index is 0.105. The summed E-state index contributed by atoms with van der Waals surface area (Å²) in [5.41, 5.74) is 1.64. The molecule has 1 aliphatic rings. The third kappa shape index (κ3) is 6.13. The van der Waals surface area contributed by atoms with Gasteiger partial charge in [-0.3, -0.25) is 4.90 Å². The first kappa shape index (κ1) is 20.0. The van der Waals surface area contributed by atoms with Crippen molar-refractivity contribution in [2.75, 3.05) is 25.4 Å². The third-order valence-corrected chi connectivity index (χ3v) is 6.46. The van der Waals surface area contributed by atoms with E-state index in [0.29, 0.717) is 12.1 Å². The molecule has 0 spiro atoms. The van der Waals surface area contributed by atoms with Gasteiger partial charge in [0.1, 0.15) is 5.82 Å². The zero-order valence-electron chi connectivity index (χ0n) is 15.5. The quantitative estimate of drug-likeness (QED) is 0.716. The molecule has 27 heavy (non-hydrogen) atoms. The van der Waals surface area contributed by atoms with Crippen LogP contribution in [0.5, 0.6) is 0 Å². The van der Waals surface area contributed by atoms with Gasteiger partial charge in [0.05, 0.1) is 5.75 Å². The van der Waals surface area contributed by atoms with Crippen molar-refractivity contribution in [2.45, 2.75) is 31.7 Å². The molecule has 1 fully saturated rings. The number of sulfonamides is 1. The number of hydrogen-bond donors (Lipinski definition) is 1. The van der Waals surface area contributed by atoms with Crippen LogP contribution in [0.15, 0.2) is 54.6 Å². The zero-order chi connectivity index (χ0) is 19.1. The number of hydrogen-bond acceptors (Lipinski definition) is 3. The topological polar surface area (TPSA) is 49.4 Å². The molecule has 0 bridgehead atoms. The lowest BCUT2D eigenvalue weighted by atomic mass is 10.1. The second kappa shape index (κ2) is 9.44. The first-order valence-electron chi connectivity index (χ1n) is 9.52. The molecule has 0 aliphatic carbocycles. The summed E-state index contributed by atoms with van der Waals surface area (Å²) in [7, 11) is -3.46. The van der Waals surface area contributed by atoms with E-state index in [-0.39, 0.29) is 24.0 Å². The molecule has 2 aromatic rings. The van der Waals surface area contributed by atoms with Crippen LogP contribution in [0.3, 0.4) is 0 Å². The van der Waals surface area contributed by atoms with Crippen molar-refractivity contribution >= 4 is 10.0 Å². The highest BCUT2D eigenvalue weighted by Crippen LogP contribution is 2.16. The summed E-state index contributed by atoms with van der Waals surface area (Å²) in [6, 6.07) is 16.6. The van der Waals surface area contributed by atoms with E-state index in [9.17, 15) is 12.8 Å². The van der Waals surface area contributed by atoms with Crippen molar-refractivity contribution in [1.82, 2.24) is 9.62 Å². The predicted molar refractivity (Wildman–Crippen MR) is 107 cm³/mol. The van der Waals surface area contributed by atoms with Crippen LogP contribution >= 0.6 is 0 Å². The smallest absolute Gasteiger partial charge is 0.211 e. The number of likely N-dealkylation sites (tertiary alicyclic amines) is 1. The Balaban J connectivity index is 1.58. The van der Waals surface area contributed by atoms with Gasteiger partial charge in [-0.25, -0.2) is 17.5 Å². The van der Waals surface area contributed by atoms with Crippen LogP contribution in [0.25, 0.3) is 0 Å². The van der Waals surface area contributed by atoms with Crippen LogP contribution in [-0.2, 0) is 22.9 Å². The fourth-order valence-corrected chi connectivity index (χ4v) is 4.64. The van der Waals surface area contributed by atoms with Crippen molar-refractivity contribution in [3.63, 3.8) is 0 Å². The summed E-state index contributed by atoms with van der Waals surface area (Å²) in [5.74, 6) is -0.460. The van der Waals surface area contributed by atoms with Crippen LogP contribution < -0.4 is 4.72 Å². The molecule has 1 aliphatic heterocycles. The molecule has 1 N–H and O–H groups in total. The second-order valence-corrected chi connectivity index (χ2v) is 9.02. The van der Waals surface area contributed by atoms with Gasteiger partial charge in [-0.1, -0.05) is 48.5 Å². The number of benzene rings is 2. The van der Waals surface area contributed by atoms with Gasteiger partial charge >= 0.3 is 0 Å². The molecule has 1 unspecified atom stereocenters. The minimum atomic E-state index is -3.46. The predicted octanol–water partition coefficient (Wildman–Crippen LogP) is 2.99. The van der Waals surface area contributed by atoms with Crippen molar-refractivity contribution in [3.8, 4) is 0 Å². The lowest BCUT2D eigenvalue weighted by Crippen LogP contribution is -2.44. The van der Waals surface area contributed by atoms with Crippen molar-refractivity contribution < 1.29 is 12.8 Å². The largest absolute Gasteiger partial charge is 0.299 e. The summed E-state index contributed by atoms with van der Waals surface area (Å²) in [5, 5.41) is 0. The molecular weight excluding hydrogens is 363 g/mol. The van der Waals surface area contributed by atoms with Gasteiger partial charge in [0.25, 0.3) is 0 Å². The molecule has 4 nitrogen and oxygen atoms in total. The Labute approximate surface area is 161 Å². The van der Waals surface area contributed by atoms with Crippen molar-refractivity contribution in [2.24, 2.45) is 0 Å². The summed E-state index contributed by atoms with van der Waals surface area (Å²) >= 11 is 0. The molecular formula is C21H27FN2O2S. The van der Waals surface area contributed by atoms with Gasteiger partial charge in [-0.05, 0) is 56.0 Å². The Morgan fingerprint density at radius 3 is 2.37 bits per heavy atom. The van der Waals surface area contributed by atoms with E-state index in [1.165, 1.54) is 11.6 Å². The maximum absolute atomic E-state index is 13.7. The summed E-state index contributed by atoms with van der Waals surface area (Å²) < 4.78 is 41.3. The van der Waals surface area contributed by atoms with Crippen molar-refractivity contribution in [3.05, 3.63) is 71.5 Å². The van der Waals surface area contributed by atoms with Gasteiger partial charge in [0, 0.05) is 12.6 Å². The molecule has 0 amide bonds. The van der Waals surface area contributed by atoms with Gasteiger partial charge < -0.3 is 0 Å². The zero-order valence-corrected chi connectivity index (χ0v) is 16.3. The van der Waals surface area contributed by atoms with Gasteiger partial charge in [0.2, 0.25) is 10.0 Å². The Hall–Kier alpha value is -1.76. The van der Waals surface area contributed by atoms with Gasteiger partial charge in [0.15, 0.2) is 0 Å². The van der Waals surface area contributed by atoms with E-state index in [2.05, 4.69) is 21.8 Å². The molecule has 3 rings (SSSR count). The maximum atomic E-state index is 13.7. The minimum Gasteiger partial charge on any atom is -0.299 e. The summed E-state index contributed by atoms with van der Waals surface area (Å²) in [6.07, 6.45) is 3.31. The van der Waals surface area contributed by atoms with Gasteiger partial charge in [-0.2, -0.15) is 0 Å². The van der Waals surface area contributed by atoms with Crippen molar-refractivity contribution in [1.29, 1.82) is 0 Å². The fourth-order valence-electron chi connectivity index (χ4n) is 3.56. The van der Waals surface area contributed by atoms with E-state index >= 15 is 0 Å². The van der Waals surface area contributed by atoms with E-state index in [1.807, 2.05) is 18.2 Å². The van der Waals surface area contributed by atoms with E-state index < -0.39 is 10.0 Å². The Kier molecular flexibility index (Phi) is 6.99. The number of aryl methyl sites for hydroxylation is 1. The first-order valence-corrected chi connectivity index (χ1v) is 11.2. The molecule has 1 saturated heterocycles. The highest BCUT2D eigenvalue weighted by molar-refractivity contribution is 7.89. The monoisotopic (exact) mass is 390 g/mol. The molecule has 0 radical (unpaired) electrons. The highest BCUT2D eigenvalue weighted by Gasteiger charge is 2.24. The van der Waals surface area contributed by atoms with Crippen LogP contribution in [0, 0.1) is 5.82 Å². The molecule has 1 atom stereocenters. The number of rotatable bonds is 9. The van der Waals surface area contributed by atoms with Crippen LogP contribution in [0.4, 0.5) is 4.39 Å².